The quantitative estimate of drug-likeness (QED) is 0.455. The molecule has 4 saturated carbocycles. The van der Waals surface area contributed by atoms with Crippen LogP contribution < -0.4 is 0 Å². The van der Waals surface area contributed by atoms with Gasteiger partial charge in [0.05, 0.1) is 0 Å². The first-order valence-electron chi connectivity index (χ1n) is 12.8. The largest absolute Gasteiger partial charge is 0.461 e. The molecule has 8 rings (SSSR count). The lowest BCUT2D eigenvalue weighted by molar-refractivity contribution is -0.154. The Kier molecular flexibility index (Phi) is 3.61. The van der Waals surface area contributed by atoms with Gasteiger partial charge in [-0.05, 0) is 102 Å². The minimum atomic E-state index is -0.269. The number of esters is 1. The number of benzene rings is 2. The van der Waals surface area contributed by atoms with Crippen molar-refractivity contribution in [2.75, 3.05) is 0 Å². The first-order valence-corrected chi connectivity index (χ1v) is 12.8. The van der Waals surface area contributed by atoms with Crippen molar-refractivity contribution in [1.82, 2.24) is 0 Å². The second-order valence-corrected chi connectivity index (χ2v) is 11.5. The summed E-state index contributed by atoms with van der Waals surface area (Å²) in [6.45, 7) is 0. The Balaban J connectivity index is 1.07. The van der Waals surface area contributed by atoms with Crippen molar-refractivity contribution < 1.29 is 9.53 Å². The molecule has 0 amide bonds. The number of fused-ring (bicyclic) bond motifs is 13. The van der Waals surface area contributed by atoms with E-state index in [9.17, 15) is 4.79 Å². The van der Waals surface area contributed by atoms with Gasteiger partial charge in [0.1, 0.15) is 12.0 Å². The maximum absolute atomic E-state index is 13.7. The van der Waals surface area contributed by atoms with E-state index in [-0.39, 0.29) is 18.0 Å². The van der Waals surface area contributed by atoms with Gasteiger partial charge in [0.2, 0.25) is 0 Å². The molecule has 162 valence electrons. The number of hydrogen-bond acceptors (Lipinski definition) is 2. The Hall–Kier alpha value is -2.35. The molecule has 0 radical (unpaired) electrons. The van der Waals surface area contributed by atoms with Crippen molar-refractivity contribution >= 4 is 5.97 Å². The summed E-state index contributed by atoms with van der Waals surface area (Å²) in [6, 6.07) is 16.9. The van der Waals surface area contributed by atoms with Gasteiger partial charge in [0, 0.05) is 0 Å². The molecule has 6 aliphatic carbocycles. The van der Waals surface area contributed by atoms with E-state index >= 15 is 0 Å². The van der Waals surface area contributed by atoms with Crippen molar-refractivity contribution in [2.45, 2.75) is 44.1 Å². The van der Waals surface area contributed by atoms with Crippen LogP contribution in [-0.4, -0.2) is 12.1 Å². The lowest BCUT2D eigenvalue weighted by Gasteiger charge is -2.36. The molecule has 9 unspecified atom stereocenters. The van der Waals surface area contributed by atoms with E-state index in [1.54, 1.807) is 0 Å². The van der Waals surface area contributed by atoms with Crippen molar-refractivity contribution in [3.8, 4) is 0 Å². The molecule has 0 heterocycles. The molecule has 4 bridgehead atoms. The minimum Gasteiger partial charge on any atom is -0.461 e. The third-order valence-corrected chi connectivity index (χ3v) is 10.5. The highest BCUT2D eigenvalue weighted by Crippen LogP contribution is 2.69. The van der Waals surface area contributed by atoms with Gasteiger partial charge >= 0.3 is 5.97 Å². The van der Waals surface area contributed by atoms with Crippen LogP contribution in [0.1, 0.15) is 53.9 Å². The predicted octanol–water partition coefficient (Wildman–Crippen LogP) is 5.75. The van der Waals surface area contributed by atoms with Gasteiger partial charge in [-0.3, -0.25) is 4.79 Å². The fraction of sp³-hybridized carbons (Fsp3) is 0.500. The molecule has 0 aromatic heterocycles. The lowest BCUT2D eigenvalue weighted by Crippen LogP contribution is -2.36. The Labute approximate surface area is 190 Å². The zero-order chi connectivity index (χ0) is 21.0. The molecular formula is C30H30O2. The maximum atomic E-state index is 13.7. The summed E-state index contributed by atoms with van der Waals surface area (Å²) < 4.78 is 6.44. The molecule has 6 aliphatic rings. The summed E-state index contributed by atoms with van der Waals surface area (Å²) in [7, 11) is 0. The van der Waals surface area contributed by atoms with Crippen LogP contribution in [-0.2, 0) is 16.0 Å². The number of hydrogen-bond donors (Lipinski definition) is 0. The molecular weight excluding hydrogens is 392 g/mol. The second kappa shape index (κ2) is 6.37. The smallest absolute Gasteiger partial charge is 0.318 e. The summed E-state index contributed by atoms with van der Waals surface area (Å²) in [4.78, 5) is 13.7. The van der Waals surface area contributed by atoms with Gasteiger partial charge in [-0.2, -0.15) is 0 Å². The SMILES string of the molecule is O=C(OC1CC2CC1C1CC3C4C=CC(C4)C3C21)C1c2ccccc2Cc2ccccc21. The highest BCUT2D eigenvalue weighted by molar-refractivity contribution is 5.84. The van der Waals surface area contributed by atoms with Gasteiger partial charge in [-0.15, -0.1) is 0 Å². The molecule has 9 atom stereocenters. The average Bonchev–Trinajstić information content (AvgIpc) is 3.60. The van der Waals surface area contributed by atoms with Gasteiger partial charge in [0.25, 0.3) is 0 Å². The molecule has 2 aromatic rings. The summed E-state index contributed by atoms with van der Waals surface area (Å²) in [5.74, 6) is 6.41. The highest BCUT2D eigenvalue weighted by atomic mass is 16.5. The highest BCUT2D eigenvalue weighted by Gasteiger charge is 2.65. The van der Waals surface area contributed by atoms with Crippen LogP contribution in [0.5, 0.6) is 0 Å². The first-order chi connectivity index (χ1) is 15.8. The average molecular weight is 423 g/mol. The van der Waals surface area contributed by atoms with E-state index in [2.05, 4.69) is 60.7 Å². The van der Waals surface area contributed by atoms with Crippen molar-refractivity contribution in [3.63, 3.8) is 0 Å². The van der Waals surface area contributed by atoms with E-state index in [0.29, 0.717) is 5.92 Å². The normalized spacial score (nSPS) is 41.9. The van der Waals surface area contributed by atoms with Crippen molar-refractivity contribution in [1.29, 1.82) is 0 Å². The minimum absolute atomic E-state index is 0.0152. The summed E-state index contributed by atoms with van der Waals surface area (Å²) in [6.07, 6.45) is 11.3. The maximum Gasteiger partial charge on any atom is 0.318 e. The molecule has 0 aliphatic heterocycles. The molecule has 2 nitrogen and oxygen atoms in total. The molecule has 32 heavy (non-hydrogen) atoms. The van der Waals surface area contributed by atoms with Gasteiger partial charge in [0.15, 0.2) is 0 Å². The molecule has 0 N–H and O–H groups in total. The van der Waals surface area contributed by atoms with Gasteiger partial charge in [-0.1, -0.05) is 60.7 Å². The van der Waals surface area contributed by atoms with Crippen LogP contribution in [0.2, 0.25) is 0 Å². The molecule has 2 heteroatoms. The van der Waals surface area contributed by atoms with Crippen LogP contribution in [0.25, 0.3) is 0 Å². The topological polar surface area (TPSA) is 26.3 Å². The third kappa shape index (κ3) is 2.29. The molecule has 4 fully saturated rings. The number of ether oxygens (including phenoxy) is 1. The zero-order valence-electron chi connectivity index (χ0n) is 18.4. The summed E-state index contributed by atoms with van der Waals surface area (Å²) >= 11 is 0. The van der Waals surface area contributed by atoms with Crippen molar-refractivity contribution in [3.05, 3.63) is 82.9 Å². The lowest BCUT2D eigenvalue weighted by atomic mass is 9.73. The number of carbonyl (C=O) groups excluding carboxylic acids is 1. The molecule has 0 spiro atoms. The fourth-order valence-corrected chi connectivity index (χ4v) is 9.51. The second-order valence-electron chi connectivity index (χ2n) is 11.5. The number of carbonyl (C=O) groups is 1. The Morgan fingerprint density at radius 2 is 1.44 bits per heavy atom. The van der Waals surface area contributed by atoms with E-state index in [1.165, 1.54) is 30.4 Å². The van der Waals surface area contributed by atoms with E-state index in [1.807, 2.05) is 0 Å². The van der Waals surface area contributed by atoms with Crippen LogP contribution in [0, 0.1) is 47.3 Å². The Morgan fingerprint density at radius 1 is 0.719 bits per heavy atom. The van der Waals surface area contributed by atoms with Gasteiger partial charge < -0.3 is 4.74 Å². The van der Waals surface area contributed by atoms with Gasteiger partial charge in [-0.25, -0.2) is 0 Å². The standard InChI is InChI=1S/C30H30O2/c31-30(29-21-7-3-1-5-16(21)11-17-6-2-4-8-22(17)29)32-26-14-20-13-24(26)25-15-23-18-9-10-19(12-18)27(23)28(20)25/h1-10,18-20,23-29H,11-15H2. The van der Waals surface area contributed by atoms with Crippen molar-refractivity contribution in [2.24, 2.45) is 47.3 Å². The van der Waals surface area contributed by atoms with Crippen LogP contribution in [0.3, 0.4) is 0 Å². The van der Waals surface area contributed by atoms with E-state index < -0.39 is 0 Å². The Morgan fingerprint density at radius 3 is 2.22 bits per heavy atom. The van der Waals surface area contributed by atoms with Crippen LogP contribution >= 0.6 is 0 Å². The number of allylic oxidation sites excluding steroid dienone is 2. The van der Waals surface area contributed by atoms with Crippen LogP contribution in [0.15, 0.2) is 60.7 Å². The Bertz CT molecular complexity index is 1100. The molecule has 2 aromatic carbocycles. The first kappa shape index (κ1) is 18.1. The van der Waals surface area contributed by atoms with Crippen LogP contribution in [0.4, 0.5) is 0 Å². The third-order valence-electron chi connectivity index (χ3n) is 10.5. The van der Waals surface area contributed by atoms with E-state index in [4.69, 9.17) is 4.74 Å². The zero-order valence-corrected chi connectivity index (χ0v) is 18.4. The predicted molar refractivity (Wildman–Crippen MR) is 123 cm³/mol. The number of rotatable bonds is 2. The monoisotopic (exact) mass is 422 g/mol. The fourth-order valence-electron chi connectivity index (χ4n) is 9.51. The summed E-state index contributed by atoms with van der Waals surface area (Å²) in [5, 5.41) is 0. The molecule has 0 saturated heterocycles. The summed E-state index contributed by atoms with van der Waals surface area (Å²) in [5.41, 5.74) is 4.84. The van der Waals surface area contributed by atoms with E-state index in [0.717, 1.165) is 65.4 Å².